The van der Waals surface area contributed by atoms with E-state index in [9.17, 15) is 14.7 Å². The Bertz CT molecular complexity index is 1360. The Morgan fingerprint density at radius 2 is 1.95 bits per heavy atom. The van der Waals surface area contributed by atoms with Crippen molar-refractivity contribution in [1.82, 2.24) is 15.2 Å². The molecule has 0 aliphatic carbocycles. The zero-order valence-corrected chi connectivity index (χ0v) is 24.5. The minimum atomic E-state index is -0.769. The number of oxazole rings is 1. The Kier molecular flexibility index (Phi) is 10.3. The number of aromatic nitrogens is 1. The number of nitrogens with one attached hydrogen (secondary N) is 1. The number of aliphatic hydroxyl groups excluding tert-OH is 1. The Balaban J connectivity index is 1.15. The number of hydrogen-bond acceptors (Lipinski definition) is 9. The first-order chi connectivity index (χ1) is 21.0. The molecule has 0 saturated carbocycles. The number of aryl methyl sites for hydroxylation is 1. The molecule has 2 amide bonds. The molecule has 2 bridgehead atoms. The first-order valence-electron chi connectivity index (χ1n) is 14.9. The summed E-state index contributed by atoms with van der Waals surface area (Å²) in [6.07, 6.45) is 6.15. The van der Waals surface area contributed by atoms with Gasteiger partial charge in [0.1, 0.15) is 18.1 Å². The molecule has 0 spiro atoms. The van der Waals surface area contributed by atoms with Crippen molar-refractivity contribution in [3.63, 3.8) is 0 Å². The molecule has 0 radical (unpaired) electrons. The molecule has 3 aromatic rings. The number of fused-ring (bicyclic) bond motifs is 2. The van der Waals surface area contributed by atoms with Gasteiger partial charge in [0.15, 0.2) is 12.2 Å². The monoisotopic (exact) mass is 592 g/mol. The molecule has 2 aliphatic heterocycles. The number of ether oxygens (including phenoxy) is 3. The van der Waals surface area contributed by atoms with E-state index in [0.717, 1.165) is 30.4 Å². The summed E-state index contributed by atoms with van der Waals surface area (Å²) in [7, 11) is 0. The lowest BCUT2D eigenvalue weighted by Gasteiger charge is -2.45. The van der Waals surface area contributed by atoms with E-state index in [1.54, 1.807) is 24.4 Å². The summed E-state index contributed by atoms with van der Waals surface area (Å²) in [5.74, 6) is 1.20. The SMILES string of the molecule is CCOc1cc(C(=O)N2C3CCCC2COC3)ccc1C(=O)NC[C@@H](O)CCc1ccc(OCc2cnco2)cc1CN. The number of nitrogens with zero attached hydrogens (tertiary/aromatic N) is 2. The van der Waals surface area contributed by atoms with Gasteiger partial charge in [-0.25, -0.2) is 4.98 Å². The third-order valence-electron chi connectivity index (χ3n) is 8.00. The fraction of sp³-hybridized carbons (Fsp3) is 0.469. The highest BCUT2D eigenvalue weighted by Crippen LogP contribution is 2.30. The van der Waals surface area contributed by atoms with E-state index < -0.39 is 6.10 Å². The van der Waals surface area contributed by atoms with Crippen molar-refractivity contribution < 1.29 is 33.3 Å². The van der Waals surface area contributed by atoms with Crippen LogP contribution in [0.25, 0.3) is 0 Å². The van der Waals surface area contributed by atoms with E-state index in [4.69, 9.17) is 24.4 Å². The van der Waals surface area contributed by atoms with Gasteiger partial charge in [-0.2, -0.15) is 0 Å². The number of hydrogen-bond donors (Lipinski definition) is 3. The fourth-order valence-electron chi connectivity index (χ4n) is 5.76. The maximum Gasteiger partial charge on any atom is 0.255 e. The van der Waals surface area contributed by atoms with E-state index in [-0.39, 0.29) is 37.0 Å². The molecule has 3 atom stereocenters. The van der Waals surface area contributed by atoms with Crippen LogP contribution < -0.4 is 20.5 Å². The van der Waals surface area contributed by atoms with E-state index >= 15 is 0 Å². The second-order valence-electron chi connectivity index (χ2n) is 10.9. The van der Waals surface area contributed by atoms with Crippen LogP contribution in [0.15, 0.2) is 53.4 Å². The van der Waals surface area contributed by atoms with E-state index in [1.165, 1.54) is 6.39 Å². The topological polar surface area (TPSA) is 149 Å². The second-order valence-corrected chi connectivity index (χ2v) is 10.9. The molecule has 11 heteroatoms. The van der Waals surface area contributed by atoms with Gasteiger partial charge in [-0.1, -0.05) is 6.07 Å². The van der Waals surface area contributed by atoms with Crippen molar-refractivity contribution in [3.8, 4) is 11.5 Å². The molecule has 2 fully saturated rings. The summed E-state index contributed by atoms with van der Waals surface area (Å²) < 4.78 is 22.4. The average molecular weight is 593 g/mol. The van der Waals surface area contributed by atoms with E-state index in [1.807, 2.05) is 30.0 Å². The van der Waals surface area contributed by atoms with Crippen LogP contribution in [-0.4, -0.2) is 71.4 Å². The Morgan fingerprint density at radius 3 is 2.67 bits per heavy atom. The van der Waals surface area contributed by atoms with Crippen molar-refractivity contribution in [2.24, 2.45) is 5.73 Å². The van der Waals surface area contributed by atoms with Gasteiger partial charge in [0.2, 0.25) is 0 Å². The molecule has 2 aliphatic rings. The van der Waals surface area contributed by atoms with Crippen LogP contribution in [0.2, 0.25) is 0 Å². The molecule has 11 nitrogen and oxygen atoms in total. The quantitative estimate of drug-likeness (QED) is 0.272. The molecule has 230 valence electrons. The third kappa shape index (κ3) is 7.54. The van der Waals surface area contributed by atoms with Gasteiger partial charge in [0, 0.05) is 18.7 Å². The van der Waals surface area contributed by atoms with Crippen LogP contribution in [-0.2, 0) is 24.3 Å². The summed E-state index contributed by atoms with van der Waals surface area (Å²) in [6, 6.07) is 10.8. The molecule has 2 aromatic carbocycles. The average Bonchev–Trinajstić information content (AvgIpc) is 3.55. The van der Waals surface area contributed by atoms with Gasteiger partial charge in [-0.3, -0.25) is 9.59 Å². The van der Waals surface area contributed by atoms with Crippen LogP contribution in [0.4, 0.5) is 0 Å². The molecule has 2 unspecified atom stereocenters. The van der Waals surface area contributed by atoms with Gasteiger partial charge >= 0.3 is 0 Å². The second kappa shape index (κ2) is 14.5. The minimum Gasteiger partial charge on any atom is -0.493 e. The minimum absolute atomic E-state index is 0.0624. The molecule has 4 N–H and O–H groups in total. The Hall–Kier alpha value is -3.93. The number of morpholine rings is 1. The Morgan fingerprint density at radius 1 is 1.14 bits per heavy atom. The summed E-state index contributed by atoms with van der Waals surface area (Å²) in [6.45, 7) is 3.95. The van der Waals surface area contributed by atoms with Crippen molar-refractivity contribution in [1.29, 1.82) is 0 Å². The van der Waals surface area contributed by atoms with Crippen LogP contribution in [0.1, 0.15) is 70.2 Å². The lowest BCUT2D eigenvalue weighted by molar-refractivity contribution is -0.0566. The molecular formula is C32H40N4O7. The highest BCUT2D eigenvalue weighted by Gasteiger charge is 2.38. The van der Waals surface area contributed by atoms with Crippen molar-refractivity contribution in [2.75, 3.05) is 26.4 Å². The maximum atomic E-state index is 13.5. The van der Waals surface area contributed by atoms with Crippen molar-refractivity contribution >= 4 is 11.8 Å². The standard InChI is InChI=1S/C32H40N4O7/c1-2-41-30-13-22(32(39)36-24-4-3-5-25(36)18-40-17-24)8-11-29(30)31(38)35-15-26(37)9-6-21-7-10-27(12-23(21)14-33)42-19-28-16-34-20-43-28/h7-8,10-13,16,20,24-26,37H,2-6,9,14-15,17-19,33H2,1H3,(H,35,38)/t24?,25?,26-/m0/s1. The summed E-state index contributed by atoms with van der Waals surface area (Å²) >= 11 is 0. The number of nitrogens with two attached hydrogens (primary N) is 1. The number of rotatable bonds is 13. The number of piperidine rings is 1. The van der Waals surface area contributed by atoms with E-state index in [2.05, 4.69) is 10.3 Å². The number of benzene rings is 2. The van der Waals surface area contributed by atoms with E-state index in [0.29, 0.717) is 67.6 Å². The number of aliphatic hydroxyl groups is 1. The van der Waals surface area contributed by atoms with Gasteiger partial charge in [0.05, 0.1) is 49.8 Å². The normalized spacial score (nSPS) is 18.6. The first-order valence-corrected chi connectivity index (χ1v) is 14.9. The molecule has 3 heterocycles. The number of carbonyl (C=O) groups excluding carboxylic acids is 2. The predicted molar refractivity (Wildman–Crippen MR) is 158 cm³/mol. The number of amides is 2. The first kappa shape index (κ1) is 30.5. The fourth-order valence-corrected chi connectivity index (χ4v) is 5.76. The molecule has 1 aromatic heterocycles. The van der Waals surface area contributed by atoms with Gasteiger partial charge in [0.25, 0.3) is 11.8 Å². The highest BCUT2D eigenvalue weighted by molar-refractivity contribution is 6.00. The van der Waals surface area contributed by atoms with Gasteiger partial charge in [-0.15, -0.1) is 0 Å². The lowest BCUT2D eigenvalue weighted by Crippen LogP contribution is -2.57. The Labute approximate surface area is 251 Å². The zero-order valence-electron chi connectivity index (χ0n) is 24.5. The summed E-state index contributed by atoms with van der Waals surface area (Å²) in [5.41, 5.74) is 8.70. The largest absolute Gasteiger partial charge is 0.493 e. The zero-order chi connectivity index (χ0) is 30.2. The lowest BCUT2D eigenvalue weighted by atomic mass is 9.93. The highest BCUT2D eigenvalue weighted by atomic mass is 16.5. The smallest absolute Gasteiger partial charge is 0.255 e. The summed E-state index contributed by atoms with van der Waals surface area (Å²) in [4.78, 5) is 32.4. The molecule has 43 heavy (non-hydrogen) atoms. The predicted octanol–water partition coefficient (Wildman–Crippen LogP) is 3.23. The van der Waals surface area contributed by atoms with Crippen LogP contribution in [0.5, 0.6) is 11.5 Å². The molecular weight excluding hydrogens is 552 g/mol. The van der Waals surface area contributed by atoms with Gasteiger partial charge in [-0.05, 0) is 80.5 Å². The van der Waals surface area contributed by atoms with Gasteiger partial charge < -0.3 is 39.7 Å². The van der Waals surface area contributed by atoms with Crippen LogP contribution >= 0.6 is 0 Å². The third-order valence-corrected chi connectivity index (χ3v) is 8.00. The summed E-state index contributed by atoms with van der Waals surface area (Å²) in [5, 5.41) is 13.5. The molecule has 5 rings (SSSR count). The van der Waals surface area contributed by atoms with Crippen LogP contribution in [0.3, 0.4) is 0 Å². The molecule has 2 saturated heterocycles. The van der Waals surface area contributed by atoms with Crippen LogP contribution in [0, 0.1) is 0 Å². The number of carbonyl (C=O) groups is 2. The maximum absolute atomic E-state index is 13.5. The van der Waals surface area contributed by atoms with Crippen molar-refractivity contribution in [2.45, 2.75) is 70.4 Å². The van der Waals surface area contributed by atoms with Crippen molar-refractivity contribution in [3.05, 3.63) is 77.0 Å².